The van der Waals surface area contributed by atoms with Crippen molar-refractivity contribution in [2.75, 3.05) is 0 Å². The van der Waals surface area contributed by atoms with Crippen LogP contribution in [0.5, 0.6) is 0 Å². The first-order valence-corrected chi connectivity index (χ1v) is 5.87. The molecule has 2 aromatic rings. The number of carboxylic acids is 1. The first-order valence-electron chi connectivity index (χ1n) is 5.87. The average molecular weight is 266 g/mol. The van der Waals surface area contributed by atoms with Crippen molar-refractivity contribution in [1.29, 1.82) is 0 Å². The Bertz CT molecular complexity index is 781. The van der Waals surface area contributed by atoms with Crippen molar-refractivity contribution in [3.05, 3.63) is 26.7 Å². The Balaban J connectivity index is 3.12. The van der Waals surface area contributed by atoms with E-state index in [2.05, 4.69) is 4.98 Å². The molecule has 0 radical (unpaired) electrons. The van der Waals surface area contributed by atoms with Crippen LogP contribution in [0.1, 0.15) is 24.5 Å². The van der Waals surface area contributed by atoms with Gasteiger partial charge in [-0.3, -0.25) is 13.9 Å². The minimum absolute atomic E-state index is 0.120. The number of aryl methyl sites for hydroxylation is 2. The smallest absolute Gasteiger partial charge is 0.372 e. The molecule has 0 atom stereocenters. The molecule has 0 aliphatic heterocycles. The lowest BCUT2D eigenvalue weighted by Crippen LogP contribution is -2.38. The number of carbonyl (C=O) groups is 1. The van der Waals surface area contributed by atoms with Gasteiger partial charge in [-0.15, -0.1) is 0 Å². The fourth-order valence-corrected chi connectivity index (χ4v) is 2.11. The summed E-state index contributed by atoms with van der Waals surface area (Å²) >= 11 is 0. The molecule has 102 valence electrons. The number of nitrogens with zero attached hydrogens (tertiary/aromatic N) is 4. The first kappa shape index (κ1) is 13.1. The normalized spacial score (nSPS) is 11.1. The second-order valence-corrected chi connectivity index (χ2v) is 4.05. The number of fused-ring (bicyclic) bond motifs is 1. The molecule has 0 bridgehead atoms. The molecule has 8 heteroatoms. The zero-order valence-corrected chi connectivity index (χ0v) is 10.9. The van der Waals surface area contributed by atoms with Crippen molar-refractivity contribution in [3.8, 4) is 0 Å². The standard InChI is InChI=1S/C11H14N4O4/c1-4-14-6-7(12-8(14)10(17)18)15(5-2)11(19)13(3)9(6)16/h4-5H2,1-3H3,(H,17,18). The highest BCUT2D eigenvalue weighted by Crippen LogP contribution is 2.11. The third-order valence-corrected chi connectivity index (χ3v) is 3.05. The second kappa shape index (κ2) is 4.38. The zero-order chi connectivity index (χ0) is 14.3. The van der Waals surface area contributed by atoms with E-state index in [-0.39, 0.29) is 23.5 Å². The van der Waals surface area contributed by atoms with Gasteiger partial charge in [-0.1, -0.05) is 0 Å². The molecular weight excluding hydrogens is 252 g/mol. The van der Waals surface area contributed by atoms with Crippen molar-refractivity contribution < 1.29 is 9.90 Å². The molecule has 2 aromatic heterocycles. The van der Waals surface area contributed by atoms with Crippen LogP contribution >= 0.6 is 0 Å². The van der Waals surface area contributed by atoms with Gasteiger partial charge in [-0.2, -0.15) is 0 Å². The Morgan fingerprint density at radius 1 is 1.21 bits per heavy atom. The van der Waals surface area contributed by atoms with Gasteiger partial charge in [0.25, 0.3) is 5.56 Å². The predicted octanol–water partition coefficient (Wildman–Crippen LogP) is -0.365. The largest absolute Gasteiger partial charge is 0.475 e. The van der Waals surface area contributed by atoms with E-state index in [0.29, 0.717) is 6.54 Å². The molecule has 2 heterocycles. The number of carboxylic acid groups (broad SMARTS) is 1. The molecule has 0 saturated heterocycles. The zero-order valence-electron chi connectivity index (χ0n) is 10.9. The molecule has 0 amide bonds. The molecule has 0 aliphatic carbocycles. The van der Waals surface area contributed by atoms with Crippen LogP contribution in [-0.2, 0) is 20.1 Å². The highest BCUT2D eigenvalue weighted by molar-refractivity contribution is 5.88. The Kier molecular flexibility index (Phi) is 3.01. The van der Waals surface area contributed by atoms with Crippen molar-refractivity contribution in [3.63, 3.8) is 0 Å². The van der Waals surface area contributed by atoms with Crippen molar-refractivity contribution in [2.45, 2.75) is 26.9 Å². The summed E-state index contributed by atoms with van der Waals surface area (Å²) in [5.41, 5.74) is -0.775. The number of aromatic nitrogens is 4. The molecule has 2 rings (SSSR count). The third-order valence-electron chi connectivity index (χ3n) is 3.05. The molecule has 0 fully saturated rings. The third kappa shape index (κ3) is 1.67. The molecule has 19 heavy (non-hydrogen) atoms. The molecular formula is C11H14N4O4. The fraction of sp³-hybridized carbons (Fsp3) is 0.455. The van der Waals surface area contributed by atoms with Crippen molar-refractivity contribution in [2.24, 2.45) is 7.05 Å². The lowest BCUT2D eigenvalue weighted by molar-refractivity contribution is 0.0679. The molecule has 1 N–H and O–H groups in total. The predicted molar refractivity (Wildman–Crippen MR) is 67.5 cm³/mol. The van der Waals surface area contributed by atoms with Gasteiger partial charge < -0.3 is 9.67 Å². The van der Waals surface area contributed by atoms with Crippen LogP contribution in [0.25, 0.3) is 11.2 Å². The van der Waals surface area contributed by atoms with E-state index in [4.69, 9.17) is 5.11 Å². The summed E-state index contributed by atoms with van der Waals surface area (Å²) in [6.07, 6.45) is 0. The summed E-state index contributed by atoms with van der Waals surface area (Å²) in [6, 6.07) is 0. The number of aromatic carboxylic acids is 1. The second-order valence-electron chi connectivity index (χ2n) is 4.05. The van der Waals surface area contributed by atoms with Gasteiger partial charge in [0, 0.05) is 20.1 Å². The molecule has 0 unspecified atom stereocenters. The fourth-order valence-electron chi connectivity index (χ4n) is 2.11. The summed E-state index contributed by atoms with van der Waals surface area (Å²) in [4.78, 5) is 39.2. The van der Waals surface area contributed by atoms with Crippen LogP contribution in [0.4, 0.5) is 0 Å². The first-order chi connectivity index (χ1) is 8.93. The maximum atomic E-state index is 12.1. The minimum Gasteiger partial charge on any atom is -0.475 e. The van der Waals surface area contributed by atoms with E-state index in [1.807, 2.05) is 0 Å². The highest BCUT2D eigenvalue weighted by atomic mass is 16.4. The minimum atomic E-state index is -1.23. The van der Waals surface area contributed by atoms with Crippen LogP contribution < -0.4 is 11.2 Å². The van der Waals surface area contributed by atoms with Gasteiger partial charge in [0.15, 0.2) is 11.2 Å². The maximum absolute atomic E-state index is 12.1. The van der Waals surface area contributed by atoms with Gasteiger partial charge >= 0.3 is 11.7 Å². The van der Waals surface area contributed by atoms with E-state index < -0.39 is 17.2 Å². The number of hydrogen-bond acceptors (Lipinski definition) is 4. The summed E-state index contributed by atoms with van der Waals surface area (Å²) in [5, 5.41) is 9.11. The molecule has 0 aliphatic rings. The van der Waals surface area contributed by atoms with Crippen LogP contribution in [-0.4, -0.2) is 29.8 Å². The number of hydrogen-bond donors (Lipinski definition) is 1. The molecule has 8 nitrogen and oxygen atoms in total. The monoisotopic (exact) mass is 266 g/mol. The SMILES string of the molecule is CCn1c(C(=O)O)nc2c1c(=O)n(C)c(=O)n2CC. The van der Waals surface area contributed by atoms with E-state index in [9.17, 15) is 14.4 Å². The topological polar surface area (TPSA) is 99.1 Å². The van der Waals surface area contributed by atoms with Crippen molar-refractivity contribution >= 4 is 17.1 Å². The maximum Gasteiger partial charge on any atom is 0.372 e. The van der Waals surface area contributed by atoms with Gasteiger partial charge in [0.05, 0.1) is 0 Å². The van der Waals surface area contributed by atoms with E-state index in [0.717, 1.165) is 4.57 Å². The Labute approximate surface area is 107 Å². The Morgan fingerprint density at radius 2 is 1.79 bits per heavy atom. The summed E-state index contributed by atoms with van der Waals surface area (Å²) in [6.45, 7) is 4.05. The van der Waals surface area contributed by atoms with Crippen LogP contribution in [0.2, 0.25) is 0 Å². The molecule has 0 aromatic carbocycles. The lowest BCUT2D eigenvalue weighted by atomic mass is 10.4. The number of imidazole rings is 1. The van der Waals surface area contributed by atoms with Crippen LogP contribution in [0.15, 0.2) is 9.59 Å². The Morgan fingerprint density at radius 3 is 2.26 bits per heavy atom. The summed E-state index contributed by atoms with van der Waals surface area (Å²) in [5.74, 6) is -1.46. The van der Waals surface area contributed by atoms with Gasteiger partial charge in [-0.25, -0.2) is 14.6 Å². The quantitative estimate of drug-likeness (QED) is 0.817. The molecule has 0 saturated carbocycles. The van der Waals surface area contributed by atoms with Crippen LogP contribution in [0, 0.1) is 0 Å². The summed E-state index contributed by atoms with van der Waals surface area (Å²) in [7, 11) is 1.36. The van der Waals surface area contributed by atoms with Crippen molar-refractivity contribution in [1.82, 2.24) is 18.7 Å². The summed E-state index contributed by atoms with van der Waals surface area (Å²) < 4.78 is 3.56. The Hall–Kier alpha value is -2.38. The number of rotatable bonds is 3. The average Bonchev–Trinajstić information content (AvgIpc) is 2.76. The molecule has 0 spiro atoms. The van der Waals surface area contributed by atoms with Gasteiger partial charge in [-0.05, 0) is 13.8 Å². The van der Waals surface area contributed by atoms with Crippen LogP contribution in [0.3, 0.4) is 0 Å². The van der Waals surface area contributed by atoms with E-state index in [1.165, 1.54) is 16.2 Å². The van der Waals surface area contributed by atoms with E-state index >= 15 is 0 Å². The lowest BCUT2D eigenvalue weighted by Gasteiger charge is -2.06. The highest BCUT2D eigenvalue weighted by Gasteiger charge is 2.22. The van der Waals surface area contributed by atoms with Gasteiger partial charge in [0.1, 0.15) is 0 Å². The van der Waals surface area contributed by atoms with Gasteiger partial charge in [0.2, 0.25) is 5.82 Å². The van der Waals surface area contributed by atoms with E-state index in [1.54, 1.807) is 13.8 Å².